The SMILES string of the molecule is O=C(CNCC1CCCS1)NC1CC1. The molecule has 1 heterocycles. The number of amides is 1. The molecule has 1 aliphatic carbocycles. The summed E-state index contributed by atoms with van der Waals surface area (Å²) in [4.78, 5) is 11.3. The lowest BCUT2D eigenvalue weighted by Crippen LogP contribution is -2.37. The lowest BCUT2D eigenvalue weighted by molar-refractivity contribution is -0.120. The lowest BCUT2D eigenvalue weighted by Gasteiger charge is -2.09. The van der Waals surface area contributed by atoms with Crippen LogP contribution in [-0.2, 0) is 4.79 Å². The van der Waals surface area contributed by atoms with E-state index in [2.05, 4.69) is 10.6 Å². The molecule has 0 aromatic carbocycles. The Kier molecular flexibility index (Phi) is 3.70. The standard InChI is InChI=1S/C10H18N2OS/c13-10(12-8-3-4-8)7-11-6-9-2-1-5-14-9/h8-9,11H,1-7H2,(H,12,13). The van der Waals surface area contributed by atoms with Crippen molar-refractivity contribution in [2.75, 3.05) is 18.8 Å². The molecule has 0 bridgehead atoms. The first-order chi connectivity index (χ1) is 6.84. The summed E-state index contributed by atoms with van der Waals surface area (Å²) in [5, 5.41) is 6.94. The predicted octanol–water partition coefficient (Wildman–Crippen LogP) is 0.750. The molecular weight excluding hydrogens is 196 g/mol. The van der Waals surface area contributed by atoms with Crippen molar-refractivity contribution < 1.29 is 4.79 Å². The van der Waals surface area contributed by atoms with Gasteiger partial charge in [-0.1, -0.05) is 0 Å². The van der Waals surface area contributed by atoms with Gasteiger partial charge in [0.05, 0.1) is 6.54 Å². The second kappa shape index (κ2) is 5.03. The number of rotatable bonds is 5. The number of carbonyl (C=O) groups is 1. The fourth-order valence-corrected chi connectivity index (χ4v) is 2.89. The van der Waals surface area contributed by atoms with Crippen LogP contribution in [0.3, 0.4) is 0 Å². The first-order valence-corrected chi connectivity index (χ1v) is 6.51. The Labute approximate surface area is 89.4 Å². The zero-order valence-corrected chi connectivity index (χ0v) is 9.24. The maximum Gasteiger partial charge on any atom is 0.234 e. The van der Waals surface area contributed by atoms with Gasteiger partial charge in [0.15, 0.2) is 0 Å². The average Bonchev–Trinajstić information content (AvgIpc) is 2.82. The Morgan fingerprint density at radius 1 is 1.36 bits per heavy atom. The van der Waals surface area contributed by atoms with Crippen molar-refractivity contribution in [1.29, 1.82) is 0 Å². The van der Waals surface area contributed by atoms with Crippen molar-refractivity contribution in [3.05, 3.63) is 0 Å². The lowest BCUT2D eigenvalue weighted by atomic mass is 10.2. The maximum atomic E-state index is 11.3. The molecule has 2 rings (SSSR count). The molecule has 1 atom stereocenters. The predicted molar refractivity (Wildman–Crippen MR) is 59.5 cm³/mol. The van der Waals surface area contributed by atoms with Gasteiger partial charge in [-0.25, -0.2) is 0 Å². The Bertz CT molecular complexity index is 200. The first-order valence-electron chi connectivity index (χ1n) is 5.46. The topological polar surface area (TPSA) is 41.1 Å². The van der Waals surface area contributed by atoms with Crippen molar-refractivity contribution in [3.63, 3.8) is 0 Å². The van der Waals surface area contributed by atoms with Crippen LogP contribution >= 0.6 is 11.8 Å². The molecule has 1 unspecified atom stereocenters. The Morgan fingerprint density at radius 3 is 2.86 bits per heavy atom. The van der Waals surface area contributed by atoms with E-state index in [1.165, 1.54) is 31.4 Å². The number of carbonyl (C=O) groups excluding carboxylic acids is 1. The van der Waals surface area contributed by atoms with Gasteiger partial charge in [0, 0.05) is 17.8 Å². The fourth-order valence-electron chi connectivity index (χ4n) is 1.66. The molecule has 0 spiro atoms. The smallest absolute Gasteiger partial charge is 0.234 e. The molecule has 2 aliphatic rings. The number of thioether (sulfide) groups is 1. The summed E-state index contributed by atoms with van der Waals surface area (Å²) in [5.74, 6) is 1.45. The minimum atomic E-state index is 0.162. The van der Waals surface area contributed by atoms with Crippen LogP contribution in [0.5, 0.6) is 0 Å². The van der Waals surface area contributed by atoms with Crippen molar-refractivity contribution in [3.8, 4) is 0 Å². The van der Waals surface area contributed by atoms with E-state index < -0.39 is 0 Å². The highest BCUT2D eigenvalue weighted by molar-refractivity contribution is 8.00. The van der Waals surface area contributed by atoms with Crippen LogP contribution in [0.25, 0.3) is 0 Å². The molecule has 0 radical (unpaired) electrons. The van der Waals surface area contributed by atoms with E-state index in [0.717, 1.165) is 11.8 Å². The summed E-state index contributed by atoms with van der Waals surface area (Å²) in [7, 11) is 0. The van der Waals surface area contributed by atoms with Crippen LogP contribution in [-0.4, -0.2) is 36.0 Å². The Hall–Kier alpha value is -0.220. The molecule has 4 heteroatoms. The van der Waals surface area contributed by atoms with Gasteiger partial charge in [-0.3, -0.25) is 4.79 Å². The number of hydrogen-bond donors (Lipinski definition) is 2. The molecule has 1 saturated heterocycles. The van der Waals surface area contributed by atoms with Crippen molar-refractivity contribution in [1.82, 2.24) is 10.6 Å². The molecule has 2 N–H and O–H groups in total. The second-order valence-corrected chi connectivity index (χ2v) is 5.52. The molecule has 0 aromatic rings. The largest absolute Gasteiger partial charge is 0.352 e. The summed E-state index contributed by atoms with van der Waals surface area (Å²) in [6, 6.07) is 0.491. The number of nitrogens with one attached hydrogen (secondary N) is 2. The van der Waals surface area contributed by atoms with E-state index in [4.69, 9.17) is 0 Å². The Balaban J connectivity index is 1.50. The number of hydrogen-bond acceptors (Lipinski definition) is 3. The van der Waals surface area contributed by atoms with Gasteiger partial charge in [0.1, 0.15) is 0 Å². The molecule has 80 valence electrons. The van der Waals surface area contributed by atoms with Crippen molar-refractivity contribution in [2.24, 2.45) is 0 Å². The normalized spacial score (nSPS) is 26.4. The van der Waals surface area contributed by atoms with Crippen LogP contribution in [0.15, 0.2) is 0 Å². The van der Waals surface area contributed by atoms with Crippen LogP contribution in [0.4, 0.5) is 0 Å². The van der Waals surface area contributed by atoms with E-state index in [1.807, 2.05) is 11.8 Å². The van der Waals surface area contributed by atoms with Gasteiger partial charge >= 0.3 is 0 Å². The van der Waals surface area contributed by atoms with E-state index in [-0.39, 0.29) is 5.91 Å². The van der Waals surface area contributed by atoms with Crippen molar-refractivity contribution in [2.45, 2.75) is 37.0 Å². The molecule has 2 fully saturated rings. The van der Waals surface area contributed by atoms with E-state index in [9.17, 15) is 4.79 Å². The first kappa shape index (κ1) is 10.3. The average molecular weight is 214 g/mol. The molecule has 3 nitrogen and oxygen atoms in total. The quantitative estimate of drug-likeness (QED) is 0.709. The van der Waals surface area contributed by atoms with E-state index in [0.29, 0.717) is 12.6 Å². The summed E-state index contributed by atoms with van der Waals surface area (Å²) in [6.45, 7) is 1.48. The van der Waals surface area contributed by atoms with Crippen molar-refractivity contribution >= 4 is 17.7 Å². The van der Waals surface area contributed by atoms with Gasteiger partial charge in [0.25, 0.3) is 0 Å². The summed E-state index contributed by atoms with van der Waals surface area (Å²) >= 11 is 2.03. The minimum absolute atomic E-state index is 0.162. The summed E-state index contributed by atoms with van der Waals surface area (Å²) in [6.07, 6.45) is 4.99. The molecule has 0 aromatic heterocycles. The highest BCUT2D eigenvalue weighted by Gasteiger charge is 2.23. The van der Waals surface area contributed by atoms with Gasteiger partial charge in [0.2, 0.25) is 5.91 Å². The van der Waals surface area contributed by atoms with Crippen LogP contribution in [0.1, 0.15) is 25.7 Å². The summed E-state index contributed by atoms with van der Waals surface area (Å²) < 4.78 is 0. The molecule has 14 heavy (non-hydrogen) atoms. The third-order valence-electron chi connectivity index (χ3n) is 2.62. The van der Waals surface area contributed by atoms with Crippen LogP contribution < -0.4 is 10.6 Å². The van der Waals surface area contributed by atoms with Gasteiger partial charge in [-0.15, -0.1) is 0 Å². The Morgan fingerprint density at radius 2 is 2.21 bits per heavy atom. The third kappa shape index (κ3) is 3.50. The highest BCUT2D eigenvalue weighted by Crippen LogP contribution is 2.25. The zero-order valence-electron chi connectivity index (χ0n) is 8.42. The van der Waals surface area contributed by atoms with E-state index >= 15 is 0 Å². The minimum Gasteiger partial charge on any atom is -0.352 e. The molecule has 1 saturated carbocycles. The van der Waals surface area contributed by atoms with Crippen LogP contribution in [0, 0.1) is 0 Å². The zero-order chi connectivity index (χ0) is 9.80. The fraction of sp³-hybridized carbons (Fsp3) is 0.900. The van der Waals surface area contributed by atoms with Gasteiger partial charge in [-0.05, 0) is 31.4 Å². The second-order valence-electron chi connectivity index (χ2n) is 4.11. The van der Waals surface area contributed by atoms with Gasteiger partial charge in [-0.2, -0.15) is 11.8 Å². The van der Waals surface area contributed by atoms with Gasteiger partial charge < -0.3 is 10.6 Å². The third-order valence-corrected chi connectivity index (χ3v) is 4.02. The van der Waals surface area contributed by atoms with Crippen LogP contribution in [0.2, 0.25) is 0 Å². The molecule has 1 aliphatic heterocycles. The highest BCUT2D eigenvalue weighted by atomic mass is 32.2. The molecular formula is C10H18N2OS. The maximum absolute atomic E-state index is 11.3. The summed E-state index contributed by atoms with van der Waals surface area (Å²) in [5.41, 5.74) is 0. The monoisotopic (exact) mass is 214 g/mol. The molecule has 1 amide bonds. The van der Waals surface area contributed by atoms with E-state index in [1.54, 1.807) is 0 Å².